The van der Waals surface area contributed by atoms with Crippen LogP contribution in [0.1, 0.15) is 11.1 Å². The van der Waals surface area contributed by atoms with Gasteiger partial charge in [-0.15, -0.1) is 0 Å². The highest BCUT2D eigenvalue weighted by atomic mass is 16.5. The average Bonchev–Trinajstić information content (AvgIpc) is 2.77. The Morgan fingerprint density at radius 2 is 0.969 bits per heavy atom. The molecule has 2 aromatic carbocycles. The van der Waals surface area contributed by atoms with E-state index >= 15 is 0 Å². The van der Waals surface area contributed by atoms with Crippen molar-refractivity contribution in [2.24, 2.45) is 0 Å². The quantitative estimate of drug-likeness (QED) is 0.206. The smallest absolute Gasteiger partial charge is 0.335 e. The van der Waals surface area contributed by atoms with Crippen LogP contribution in [0, 0.1) is 11.8 Å². The molecule has 0 spiro atoms. The van der Waals surface area contributed by atoms with Gasteiger partial charge in [-0.25, -0.2) is 14.4 Å². The van der Waals surface area contributed by atoms with Crippen LogP contribution in [0.5, 0.6) is 23.0 Å². The molecular formula is C24H16O8. The molecular weight excluding hydrogens is 416 g/mol. The van der Waals surface area contributed by atoms with E-state index < -0.39 is 17.9 Å². The lowest BCUT2D eigenvalue weighted by molar-refractivity contribution is -0.130. The van der Waals surface area contributed by atoms with Gasteiger partial charge < -0.3 is 18.9 Å². The van der Waals surface area contributed by atoms with Crippen LogP contribution in [0.2, 0.25) is 0 Å². The minimum Gasteiger partial charge on any atom is -0.429 e. The van der Waals surface area contributed by atoms with Crippen molar-refractivity contribution in [3.63, 3.8) is 0 Å². The van der Waals surface area contributed by atoms with Crippen molar-refractivity contribution in [1.29, 1.82) is 0 Å². The van der Waals surface area contributed by atoms with Crippen molar-refractivity contribution in [1.82, 2.24) is 0 Å². The van der Waals surface area contributed by atoms with Crippen molar-refractivity contribution >= 4 is 24.4 Å². The summed E-state index contributed by atoms with van der Waals surface area (Å²) in [7, 11) is 0. The third kappa shape index (κ3) is 7.17. The third-order valence-electron chi connectivity index (χ3n) is 3.45. The van der Waals surface area contributed by atoms with Crippen LogP contribution in [0.15, 0.2) is 74.4 Å². The lowest BCUT2D eigenvalue weighted by atomic mass is 10.1. The summed E-state index contributed by atoms with van der Waals surface area (Å²) in [4.78, 5) is 45.2. The second kappa shape index (κ2) is 11.3. The molecule has 32 heavy (non-hydrogen) atoms. The zero-order valence-corrected chi connectivity index (χ0v) is 16.7. The molecule has 0 saturated heterocycles. The van der Waals surface area contributed by atoms with Crippen LogP contribution in [0.25, 0.3) is 0 Å². The van der Waals surface area contributed by atoms with Gasteiger partial charge in [0.05, 0.1) is 0 Å². The molecule has 0 radical (unpaired) electrons. The third-order valence-corrected chi connectivity index (χ3v) is 3.45. The minimum absolute atomic E-state index is 0.0622. The summed E-state index contributed by atoms with van der Waals surface area (Å²) in [5.74, 6) is 3.74. The Morgan fingerprint density at radius 1 is 0.625 bits per heavy atom. The van der Waals surface area contributed by atoms with Crippen molar-refractivity contribution in [2.75, 3.05) is 0 Å². The second-order valence-corrected chi connectivity index (χ2v) is 5.73. The normalized spacial score (nSPS) is 9.25. The molecule has 0 aliphatic carbocycles. The standard InChI is InChI=1S/C24H16O8/c1-4-22(26)30-19-10-16(9-18(13-19)29-15-25)7-8-17-11-20(31-23(27)5-2)14-21(12-17)32-24(28)6-3/h4-6,9-15H,1-3H2. The molecule has 0 aliphatic heterocycles. The molecule has 2 rings (SSSR count). The van der Waals surface area contributed by atoms with Crippen molar-refractivity contribution < 1.29 is 38.1 Å². The number of hydrogen-bond acceptors (Lipinski definition) is 8. The summed E-state index contributed by atoms with van der Waals surface area (Å²) in [6.07, 6.45) is 2.91. The highest BCUT2D eigenvalue weighted by Gasteiger charge is 2.08. The number of rotatable bonds is 8. The van der Waals surface area contributed by atoms with Crippen LogP contribution in [-0.4, -0.2) is 24.4 Å². The van der Waals surface area contributed by atoms with E-state index in [1.165, 1.54) is 36.4 Å². The molecule has 0 bridgehead atoms. The summed E-state index contributed by atoms with van der Waals surface area (Å²) in [6, 6.07) is 8.38. The molecule has 0 atom stereocenters. The summed E-state index contributed by atoms with van der Waals surface area (Å²) >= 11 is 0. The molecule has 0 N–H and O–H groups in total. The van der Waals surface area contributed by atoms with Crippen LogP contribution < -0.4 is 18.9 Å². The number of ether oxygens (including phenoxy) is 4. The molecule has 8 nitrogen and oxygen atoms in total. The summed E-state index contributed by atoms with van der Waals surface area (Å²) in [5, 5.41) is 0. The van der Waals surface area contributed by atoms with E-state index in [-0.39, 0.29) is 29.5 Å². The van der Waals surface area contributed by atoms with Gasteiger partial charge in [-0.1, -0.05) is 31.6 Å². The number of benzene rings is 2. The summed E-state index contributed by atoms with van der Waals surface area (Å²) in [6.45, 7) is 10.2. The molecule has 0 aliphatic rings. The highest BCUT2D eigenvalue weighted by molar-refractivity contribution is 5.85. The summed E-state index contributed by atoms with van der Waals surface area (Å²) in [5.41, 5.74) is 0.645. The Hall–Kier alpha value is -4.90. The predicted molar refractivity (Wildman–Crippen MR) is 113 cm³/mol. The van der Waals surface area contributed by atoms with Gasteiger partial charge >= 0.3 is 17.9 Å². The number of esters is 3. The van der Waals surface area contributed by atoms with Crippen LogP contribution >= 0.6 is 0 Å². The molecule has 0 aromatic heterocycles. The first-order valence-electron chi connectivity index (χ1n) is 8.82. The van der Waals surface area contributed by atoms with Gasteiger partial charge in [-0.3, -0.25) is 4.79 Å². The number of carbonyl (C=O) groups excluding carboxylic acids is 4. The maximum Gasteiger partial charge on any atom is 0.335 e. The van der Waals surface area contributed by atoms with E-state index in [9.17, 15) is 19.2 Å². The Morgan fingerprint density at radius 3 is 1.31 bits per heavy atom. The first-order chi connectivity index (χ1) is 15.4. The predicted octanol–water partition coefficient (Wildman–Crippen LogP) is 2.90. The zero-order valence-electron chi connectivity index (χ0n) is 16.7. The average molecular weight is 432 g/mol. The van der Waals surface area contributed by atoms with Gasteiger partial charge in [-0.05, 0) is 24.3 Å². The van der Waals surface area contributed by atoms with Gasteiger partial charge in [0.15, 0.2) is 0 Å². The van der Waals surface area contributed by atoms with Crippen LogP contribution in [-0.2, 0) is 19.2 Å². The fraction of sp³-hybridized carbons (Fsp3) is 0. The highest BCUT2D eigenvalue weighted by Crippen LogP contribution is 2.25. The molecule has 0 saturated carbocycles. The monoisotopic (exact) mass is 432 g/mol. The Kier molecular flexibility index (Phi) is 8.28. The minimum atomic E-state index is -0.719. The van der Waals surface area contributed by atoms with Crippen molar-refractivity contribution in [2.45, 2.75) is 0 Å². The zero-order chi connectivity index (χ0) is 23.5. The van der Waals surface area contributed by atoms with E-state index in [0.717, 1.165) is 18.2 Å². The van der Waals surface area contributed by atoms with E-state index in [1.54, 1.807) is 0 Å². The first kappa shape index (κ1) is 23.4. The largest absolute Gasteiger partial charge is 0.429 e. The molecule has 0 unspecified atom stereocenters. The van der Waals surface area contributed by atoms with Crippen molar-refractivity contribution in [3.05, 3.63) is 85.5 Å². The number of hydrogen-bond donors (Lipinski definition) is 0. The first-order valence-corrected chi connectivity index (χ1v) is 8.82. The molecule has 2 aromatic rings. The molecule has 0 amide bonds. The SMILES string of the molecule is C=CC(=O)Oc1cc(C#Cc2cc(OC(=O)C=C)cc(OC(=O)C=C)c2)cc(OC=O)c1. The van der Waals surface area contributed by atoms with Gasteiger partial charge in [-0.2, -0.15) is 0 Å². The topological polar surface area (TPSA) is 105 Å². The number of carbonyl (C=O) groups is 4. The fourth-order valence-corrected chi connectivity index (χ4v) is 2.21. The maximum atomic E-state index is 11.5. The van der Waals surface area contributed by atoms with Crippen LogP contribution in [0.4, 0.5) is 0 Å². The van der Waals surface area contributed by atoms with Gasteiger partial charge in [0, 0.05) is 41.5 Å². The molecule has 0 heterocycles. The summed E-state index contributed by atoms with van der Waals surface area (Å²) < 4.78 is 20.0. The maximum absolute atomic E-state index is 11.5. The lowest BCUT2D eigenvalue weighted by Crippen LogP contribution is -2.06. The van der Waals surface area contributed by atoms with Crippen LogP contribution in [0.3, 0.4) is 0 Å². The lowest BCUT2D eigenvalue weighted by Gasteiger charge is -2.07. The van der Waals surface area contributed by atoms with Gasteiger partial charge in [0.1, 0.15) is 23.0 Å². The molecule has 8 heteroatoms. The van der Waals surface area contributed by atoms with Gasteiger partial charge in [0.25, 0.3) is 6.47 Å². The second-order valence-electron chi connectivity index (χ2n) is 5.73. The van der Waals surface area contributed by atoms with E-state index in [4.69, 9.17) is 18.9 Å². The Balaban J connectivity index is 2.46. The van der Waals surface area contributed by atoms with Gasteiger partial charge in [0.2, 0.25) is 0 Å². The molecule has 0 fully saturated rings. The van der Waals surface area contributed by atoms with E-state index in [2.05, 4.69) is 31.6 Å². The molecule has 160 valence electrons. The van der Waals surface area contributed by atoms with Crippen molar-refractivity contribution in [3.8, 4) is 34.8 Å². The Labute approximate surface area is 183 Å². The van der Waals surface area contributed by atoms with E-state index in [0.29, 0.717) is 11.1 Å². The fourth-order valence-electron chi connectivity index (χ4n) is 2.21. The van der Waals surface area contributed by atoms with E-state index in [1.807, 2.05) is 0 Å². The Bertz CT molecular complexity index is 1120.